The van der Waals surface area contributed by atoms with Crippen molar-refractivity contribution < 1.29 is 9.47 Å². The first-order chi connectivity index (χ1) is 10.0. The molecule has 1 aliphatic heterocycles. The summed E-state index contributed by atoms with van der Waals surface area (Å²) in [7, 11) is 7.56. The Balaban J connectivity index is 2.40. The molecule has 0 bridgehead atoms. The molecule has 1 fully saturated rings. The molecule has 0 aliphatic carbocycles. The van der Waals surface area contributed by atoms with Crippen LogP contribution in [0.5, 0.6) is 11.5 Å². The highest BCUT2D eigenvalue weighted by molar-refractivity contribution is 9.10. The van der Waals surface area contributed by atoms with Crippen molar-refractivity contribution in [2.45, 2.75) is 19.0 Å². The molecule has 0 N–H and O–H groups in total. The number of ether oxygens (including phenoxy) is 2. The van der Waals surface area contributed by atoms with Crippen LogP contribution in [0.15, 0.2) is 23.2 Å². The molecular weight excluding hydrogens is 332 g/mol. The molecule has 1 aromatic rings. The molecule has 116 valence electrons. The van der Waals surface area contributed by atoms with Crippen molar-refractivity contribution in [2.75, 3.05) is 34.9 Å². The van der Waals surface area contributed by atoms with Crippen LogP contribution in [0.3, 0.4) is 0 Å². The third kappa shape index (κ3) is 3.04. The molecule has 2 rings (SSSR count). The Hall–Kier alpha value is -1.20. The first kappa shape index (κ1) is 16.2. The molecule has 1 aliphatic rings. The SMILES string of the molecule is C=C(c1c(OC)ccc(Br)c1OC)N(C)C1CCCN1C. The van der Waals surface area contributed by atoms with Gasteiger partial charge in [-0.15, -0.1) is 0 Å². The zero-order valence-electron chi connectivity index (χ0n) is 13.1. The van der Waals surface area contributed by atoms with Crippen LogP contribution in [0.4, 0.5) is 0 Å². The van der Waals surface area contributed by atoms with E-state index < -0.39 is 0 Å². The first-order valence-corrected chi connectivity index (χ1v) is 7.83. The molecule has 0 amide bonds. The van der Waals surface area contributed by atoms with Crippen LogP contribution in [0.2, 0.25) is 0 Å². The van der Waals surface area contributed by atoms with Gasteiger partial charge in [0.2, 0.25) is 0 Å². The fourth-order valence-corrected chi connectivity index (χ4v) is 3.41. The van der Waals surface area contributed by atoms with Gasteiger partial charge in [-0.3, -0.25) is 4.90 Å². The molecule has 0 saturated carbocycles. The molecule has 0 aromatic heterocycles. The minimum atomic E-state index is 0.367. The van der Waals surface area contributed by atoms with Crippen LogP contribution in [0.1, 0.15) is 18.4 Å². The summed E-state index contributed by atoms with van der Waals surface area (Å²) in [6, 6.07) is 3.86. The molecular formula is C16H23BrN2O2. The second-order valence-electron chi connectivity index (χ2n) is 5.32. The molecule has 1 saturated heterocycles. The number of likely N-dealkylation sites (tertiary alicyclic amines) is 1. The second-order valence-corrected chi connectivity index (χ2v) is 6.17. The molecule has 21 heavy (non-hydrogen) atoms. The minimum absolute atomic E-state index is 0.367. The van der Waals surface area contributed by atoms with Crippen LogP contribution < -0.4 is 9.47 Å². The molecule has 1 unspecified atom stereocenters. The lowest BCUT2D eigenvalue weighted by Crippen LogP contribution is -2.39. The van der Waals surface area contributed by atoms with Crippen LogP contribution >= 0.6 is 15.9 Å². The van der Waals surface area contributed by atoms with E-state index in [1.54, 1.807) is 14.2 Å². The van der Waals surface area contributed by atoms with Gasteiger partial charge in [-0.2, -0.15) is 0 Å². The molecule has 1 heterocycles. The standard InChI is InChI=1S/C16H23BrN2O2/c1-11(19(3)14-7-6-10-18(14)2)15-13(20-4)9-8-12(17)16(15)21-5/h8-9,14H,1,6-7,10H2,2-5H3. The van der Waals surface area contributed by atoms with Crippen LogP contribution in [-0.2, 0) is 0 Å². The number of nitrogens with zero attached hydrogens (tertiary/aromatic N) is 2. The van der Waals surface area contributed by atoms with Gasteiger partial charge in [-0.1, -0.05) is 6.58 Å². The summed E-state index contributed by atoms with van der Waals surface area (Å²) in [6.07, 6.45) is 2.72. The Bertz CT molecular complexity index is 533. The van der Waals surface area contributed by atoms with E-state index in [1.165, 1.54) is 6.42 Å². The number of rotatable bonds is 5. The maximum absolute atomic E-state index is 5.55. The van der Waals surface area contributed by atoms with Crippen molar-refractivity contribution in [3.8, 4) is 11.5 Å². The van der Waals surface area contributed by atoms with Gasteiger partial charge in [0.25, 0.3) is 0 Å². The van der Waals surface area contributed by atoms with Crippen molar-refractivity contribution in [3.63, 3.8) is 0 Å². The van der Waals surface area contributed by atoms with Gasteiger partial charge in [0.1, 0.15) is 11.5 Å². The molecule has 5 heteroatoms. The topological polar surface area (TPSA) is 24.9 Å². The Morgan fingerprint density at radius 3 is 2.62 bits per heavy atom. The molecule has 1 atom stereocenters. The van der Waals surface area contributed by atoms with E-state index in [-0.39, 0.29) is 0 Å². The average molecular weight is 355 g/mol. The maximum Gasteiger partial charge on any atom is 0.146 e. The lowest BCUT2D eigenvalue weighted by molar-refractivity contribution is 0.176. The predicted molar refractivity (Wildman–Crippen MR) is 89.7 cm³/mol. The third-order valence-corrected chi connectivity index (χ3v) is 4.76. The van der Waals surface area contributed by atoms with E-state index in [9.17, 15) is 0 Å². The van der Waals surface area contributed by atoms with E-state index in [0.717, 1.165) is 40.2 Å². The highest BCUT2D eigenvalue weighted by Gasteiger charge is 2.28. The lowest BCUT2D eigenvalue weighted by atomic mass is 10.1. The zero-order chi connectivity index (χ0) is 15.6. The van der Waals surface area contributed by atoms with Gasteiger partial charge in [-0.05, 0) is 54.5 Å². The number of halogens is 1. The molecule has 1 aromatic carbocycles. The number of hydrogen-bond donors (Lipinski definition) is 0. The van der Waals surface area contributed by atoms with Gasteiger partial charge < -0.3 is 14.4 Å². The Morgan fingerprint density at radius 2 is 2.10 bits per heavy atom. The van der Waals surface area contributed by atoms with Crippen LogP contribution in [-0.4, -0.2) is 50.8 Å². The van der Waals surface area contributed by atoms with Gasteiger partial charge in [0.15, 0.2) is 0 Å². The van der Waals surface area contributed by atoms with Crippen molar-refractivity contribution in [2.24, 2.45) is 0 Å². The van der Waals surface area contributed by atoms with Gasteiger partial charge in [0.05, 0.1) is 30.4 Å². The summed E-state index contributed by atoms with van der Waals surface area (Å²) in [6.45, 7) is 5.40. The third-order valence-electron chi connectivity index (χ3n) is 4.14. The van der Waals surface area contributed by atoms with Gasteiger partial charge in [0, 0.05) is 12.7 Å². The summed E-state index contributed by atoms with van der Waals surface area (Å²) in [5.74, 6) is 1.53. The van der Waals surface area contributed by atoms with Crippen molar-refractivity contribution >= 4 is 21.6 Å². The normalized spacial score (nSPS) is 18.6. The molecule has 0 radical (unpaired) electrons. The van der Waals surface area contributed by atoms with Gasteiger partial charge >= 0.3 is 0 Å². The predicted octanol–water partition coefficient (Wildman–Crippen LogP) is 3.42. The fraction of sp³-hybridized carbons (Fsp3) is 0.500. The monoisotopic (exact) mass is 354 g/mol. The minimum Gasteiger partial charge on any atom is -0.496 e. The van der Waals surface area contributed by atoms with E-state index in [4.69, 9.17) is 9.47 Å². The molecule has 4 nitrogen and oxygen atoms in total. The summed E-state index contributed by atoms with van der Waals surface area (Å²) in [5, 5.41) is 0. The van der Waals surface area contributed by atoms with Crippen molar-refractivity contribution in [1.82, 2.24) is 9.80 Å². The van der Waals surface area contributed by atoms with E-state index >= 15 is 0 Å². The Morgan fingerprint density at radius 1 is 1.38 bits per heavy atom. The highest BCUT2D eigenvalue weighted by Crippen LogP contribution is 2.41. The summed E-state index contributed by atoms with van der Waals surface area (Å²) >= 11 is 3.53. The maximum atomic E-state index is 5.55. The second kappa shape index (κ2) is 6.71. The Kier molecular flexibility index (Phi) is 5.17. The van der Waals surface area contributed by atoms with E-state index in [1.807, 2.05) is 12.1 Å². The largest absolute Gasteiger partial charge is 0.496 e. The van der Waals surface area contributed by atoms with E-state index in [0.29, 0.717) is 6.17 Å². The van der Waals surface area contributed by atoms with Crippen molar-refractivity contribution in [3.05, 3.63) is 28.7 Å². The first-order valence-electron chi connectivity index (χ1n) is 7.04. The summed E-state index contributed by atoms with van der Waals surface area (Å²) < 4.78 is 12.0. The van der Waals surface area contributed by atoms with Crippen molar-refractivity contribution in [1.29, 1.82) is 0 Å². The number of hydrogen-bond acceptors (Lipinski definition) is 4. The summed E-state index contributed by atoms with van der Waals surface area (Å²) in [5.41, 5.74) is 1.81. The summed E-state index contributed by atoms with van der Waals surface area (Å²) in [4.78, 5) is 4.56. The number of benzene rings is 1. The highest BCUT2D eigenvalue weighted by atomic mass is 79.9. The van der Waals surface area contributed by atoms with E-state index in [2.05, 4.69) is 46.4 Å². The average Bonchev–Trinajstić information content (AvgIpc) is 2.91. The van der Waals surface area contributed by atoms with Crippen LogP contribution in [0, 0.1) is 0 Å². The number of methoxy groups -OCH3 is 2. The smallest absolute Gasteiger partial charge is 0.146 e. The zero-order valence-corrected chi connectivity index (χ0v) is 14.7. The quantitative estimate of drug-likeness (QED) is 0.808. The van der Waals surface area contributed by atoms with Gasteiger partial charge in [-0.25, -0.2) is 0 Å². The van der Waals surface area contributed by atoms with Crippen LogP contribution in [0.25, 0.3) is 5.70 Å². The fourth-order valence-electron chi connectivity index (χ4n) is 2.92. The Labute approximate surface area is 135 Å². The lowest BCUT2D eigenvalue weighted by Gasteiger charge is -2.34. The molecule has 0 spiro atoms.